The number of nitrogens with two attached hydrogens (primary N) is 1. The number of nitrogen functional groups attached to an aromatic ring is 1. The normalized spacial score (nSPS) is 9.86. The number of halogens is 1. The third-order valence-corrected chi connectivity index (χ3v) is 1.87. The van der Waals surface area contributed by atoms with Gasteiger partial charge in [0.05, 0.1) is 0 Å². The number of nitrogens with one attached hydrogen (secondary N) is 1. The fourth-order valence-corrected chi connectivity index (χ4v) is 1.10. The Kier molecular flexibility index (Phi) is 2.91. The van der Waals surface area contributed by atoms with Crippen molar-refractivity contribution in [3.8, 4) is 0 Å². The first kappa shape index (κ1) is 10.3. The summed E-state index contributed by atoms with van der Waals surface area (Å²) in [5, 5.41) is 1.40. The van der Waals surface area contributed by atoms with Gasteiger partial charge in [0.25, 0.3) is 5.69 Å². The number of Topliss-reactive ketones (excluding diaryl/α,β-unsaturated/α-hetero) is 1. The molecule has 0 amide bonds. The van der Waals surface area contributed by atoms with E-state index in [1.54, 1.807) is 6.92 Å². The van der Waals surface area contributed by atoms with Crippen LogP contribution in [0.3, 0.4) is 0 Å². The summed E-state index contributed by atoms with van der Waals surface area (Å²) in [6.07, 6.45) is 0.244. The van der Waals surface area contributed by atoms with Crippen molar-refractivity contribution in [3.05, 3.63) is 28.4 Å². The van der Waals surface area contributed by atoms with Crippen molar-refractivity contribution < 1.29 is 14.4 Å². The molecule has 5 heteroatoms. The predicted molar refractivity (Wildman–Crippen MR) is 49.4 cm³/mol. The lowest BCUT2D eigenvalue weighted by molar-refractivity contribution is -0.382. The number of carbonyl (C=O) groups excluding carboxylic acids is 1. The SMILES string of the molecule is CCC(=O)c1cc(F)c([NH+]=O)cc1N. The van der Waals surface area contributed by atoms with E-state index in [9.17, 15) is 14.1 Å². The molecule has 0 aromatic heterocycles. The standard InChI is InChI=1S/C9H9FN2O2/c1-2-9(13)5-3-6(10)8(12-14)4-7(5)11/h3-4H,2,11H2,1H3/p+1. The lowest BCUT2D eigenvalue weighted by Gasteiger charge is -2.01. The van der Waals surface area contributed by atoms with Gasteiger partial charge in [0.15, 0.2) is 11.6 Å². The molecule has 0 radical (unpaired) electrons. The van der Waals surface area contributed by atoms with E-state index in [-0.39, 0.29) is 29.1 Å². The maximum atomic E-state index is 13.1. The van der Waals surface area contributed by atoms with E-state index < -0.39 is 5.82 Å². The second-order valence-corrected chi connectivity index (χ2v) is 2.80. The molecule has 14 heavy (non-hydrogen) atoms. The van der Waals surface area contributed by atoms with E-state index in [1.807, 2.05) is 0 Å². The van der Waals surface area contributed by atoms with Crippen LogP contribution in [-0.4, -0.2) is 5.78 Å². The molecule has 0 fully saturated rings. The molecule has 0 aliphatic rings. The molecule has 0 heterocycles. The minimum atomic E-state index is -0.772. The van der Waals surface area contributed by atoms with Gasteiger partial charge >= 0.3 is 0 Å². The molecule has 0 unspecified atom stereocenters. The molecule has 0 saturated heterocycles. The maximum Gasteiger partial charge on any atom is 0.290 e. The van der Waals surface area contributed by atoms with Crippen molar-refractivity contribution in [1.82, 2.24) is 0 Å². The average molecular weight is 197 g/mol. The zero-order valence-electron chi connectivity index (χ0n) is 7.63. The van der Waals surface area contributed by atoms with E-state index in [2.05, 4.69) is 0 Å². The zero-order valence-corrected chi connectivity index (χ0v) is 7.63. The van der Waals surface area contributed by atoms with Gasteiger partial charge in [-0.2, -0.15) is 4.39 Å². The van der Waals surface area contributed by atoms with Crippen LogP contribution in [0.25, 0.3) is 0 Å². The molecule has 3 N–H and O–H groups in total. The number of hydrogen-bond acceptors (Lipinski definition) is 3. The number of nitroso groups, excluding NO2 is 1. The second kappa shape index (κ2) is 3.95. The minimum absolute atomic E-state index is 0.108. The number of anilines is 1. The lowest BCUT2D eigenvalue weighted by Crippen LogP contribution is -2.56. The highest BCUT2D eigenvalue weighted by molar-refractivity contribution is 6.00. The number of rotatable bonds is 3. The molecule has 0 saturated carbocycles. The first-order valence-corrected chi connectivity index (χ1v) is 4.10. The van der Waals surface area contributed by atoms with Gasteiger partial charge in [0.1, 0.15) is 0 Å². The number of carbonyl (C=O) groups is 1. The van der Waals surface area contributed by atoms with Gasteiger partial charge in [0, 0.05) is 33.8 Å². The summed E-state index contributed by atoms with van der Waals surface area (Å²) >= 11 is 0. The van der Waals surface area contributed by atoms with Crippen molar-refractivity contribution in [3.63, 3.8) is 0 Å². The molecule has 0 aliphatic carbocycles. The molecule has 0 aliphatic heterocycles. The van der Waals surface area contributed by atoms with Crippen LogP contribution in [0.15, 0.2) is 12.1 Å². The minimum Gasteiger partial charge on any atom is -0.398 e. The van der Waals surface area contributed by atoms with Crippen LogP contribution in [0.1, 0.15) is 23.7 Å². The van der Waals surface area contributed by atoms with E-state index in [0.717, 1.165) is 12.1 Å². The lowest BCUT2D eigenvalue weighted by atomic mass is 10.1. The van der Waals surface area contributed by atoms with Gasteiger partial charge in [-0.05, 0) is 6.07 Å². The molecule has 74 valence electrons. The van der Waals surface area contributed by atoms with E-state index in [0.29, 0.717) is 0 Å². The Morgan fingerprint density at radius 1 is 1.57 bits per heavy atom. The van der Waals surface area contributed by atoms with Crippen molar-refractivity contribution >= 4 is 17.2 Å². The Bertz CT molecular complexity index is 391. The predicted octanol–water partition coefficient (Wildman–Crippen LogP) is 0.479. The Morgan fingerprint density at radius 3 is 2.71 bits per heavy atom. The third kappa shape index (κ3) is 1.76. The third-order valence-electron chi connectivity index (χ3n) is 1.87. The van der Waals surface area contributed by atoms with Crippen LogP contribution in [0.2, 0.25) is 0 Å². The molecule has 0 spiro atoms. The molecule has 4 nitrogen and oxygen atoms in total. The fraction of sp³-hybridized carbons (Fsp3) is 0.222. The largest absolute Gasteiger partial charge is 0.398 e. The van der Waals surface area contributed by atoms with Crippen LogP contribution in [0, 0.1) is 10.7 Å². The molecule has 0 atom stereocenters. The highest BCUT2D eigenvalue weighted by Crippen LogP contribution is 2.19. The maximum absolute atomic E-state index is 13.1. The van der Waals surface area contributed by atoms with Gasteiger partial charge in [-0.3, -0.25) is 4.79 Å². The highest BCUT2D eigenvalue weighted by atomic mass is 19.1. The van der Waals surface area contributed by atoms with E-state index in [1.165, 1.54) is 5.18 Å². The van der Waals surface area contributed by atoms with E-state index in [4.69, 9.17) is 5.73 Å². The summed E-state index contributed by atoms with van der Waals surface area (Å²) in [5.74, 6) is -1.02. The van der Waals surface area contributed by atoms with E-state index >= 15 is 0 Å². The Balaban J connectivity index is 3.28. The van der Waals surface area contributed by atoms with Gasteiger partial charge in [-0.1, -0.05) is 6.92 Å². The van der Waals surface area contributed by atoms with Crippen LogP contribution in [-0.2, 0) is 0 Å². The topological polar surface area (TPSA) is 74.1 Å². The number of hydrogen-bond donors (Lipinski definition) is 2. The van der Waals surface area contributed by atoms with Crippen molar-refractivity contribution in [1.29, 1.82) is 0 Å². The quantitative estimate of drug-likeness (QED) is 0.546. The monoisotopic (exact) mass is 197 g/mol. The average Bonchev–Trinajstić information content (AvgIpc) is 2.19. The Morgan fingerprint density at radius 2 is 2.21 bits per heavy atom. The molecular weight excluding hydrogens is 187 g/mol. The van der Waals surface area contributed by atoms with Gasteiger partial charge in [-0.15, -0.1) is 0 Å². The van der Waals surface area contributed by atoms with Gasteiger partial charge in [-0.25, -0.2) is 0 Å². The first-order valence-electron chi connectivity index (χ1n) is 4.10. The van der Waals surface area contributed by atoms with Crippen molar-refractivity contribution in [2.75, 3.05) is 5.73 Å². The van der Waals surface area contributed by atoms with Crippen LogP contribution in [0.5, 0.6) is 0 Å². The highest BCUT2D eigenvalue weighted by Gasteiger charge is 2.16. The summed E-state index contributed by atoms with van der Waals surface area (Å²) in [7, 11) is 0. The second-order valence-electron chi connectivity index (χ2n) is 2.80. The summed E-state index contributed by atoms with van der Waals surface area (Å²) in [6, 6.07) is 2.09. The van der Waals surface area contributed by atoms with Crippen molar-refractivity contribution in [2.24, 2.45) is 0 Å². The fourth-order valence-electron chi connectivity index (χ4n) is 1.10. The Hall–Kier alpha value is -1.78. The number of ketones is 1. The van der Waals surface area contributed by atoms with Gasteiger partial charge < -0.3 is 5.73 Å². The molecule has 1 aromatic rings. The van der Waals surface area contributed by atoms with Crippen LogP contribution < -0.4 is 10.9 Å². The summed E-state index contributed by atoms with van der Waals surface area (Å²) in [6.45, 7) is 1.65. The molecule has 0 bridgehead atoms. The molecule has 1 aromatic carbocycles. The summed E-state index contributed by atoms with van der Waals surface area (Å²) in [5.41, 5.74) is 5.44. The first-order chi connectivity index (χ1) is 6.60. The Labute approximate surface area is 79.9 Å². The zero-order chi connectivity index (χ0) is 10.7. The molecule has 1 rings (SSSR count). The van der Waals surface area contributed by atoms with Crippen LogP contribution in [0.4, 0.5) is 15.8 Å². The van der Waals surface area contributed by atoms with Gasteiger partial charge in [0.2, 0.25) is 0 Å². The summed E-state index contributed by atoms with van der Waals surface area (Å²) < 4.78 is 13.1. The summed E-state index contributed by atoms with van der Waals surface area (Å²) in [4.78, 5) is 21.5. The van der Waals surface area contributed by atoms with Crippen molar-refractivity contribution in [2.45, 2.75) is 13.3 Å². The van der Waals surface area contributed by atoms with Crippen LogP contribution >= 0.6 is 0 Å². The molecular formula is C9H10FN2O2+. The number of benzene rings is 1. The smallest absolute Gasteiger partial charge is 0.290 e.